The highest BCUT2D eigenvalue weighted by Crippen LogP contribution is 2.39. The number of rotatable bonds is 7. The lowest BCUT2D eigenvalue weighted by atomic mass is 9.87. The molecule has 10 heteroatoms. The largest absolute Gasteiger partial charge is 0.393 e. The van der Waals surface area contributed by atoms with Crippen LogP contribution in [0.4, 0.5) is 0 Å². The van der Waals surface area contributed by atoms with Crippen molar-refractivity contribution in [1.29, 1.82) is 0 Å². The molecule has 1 aromatic rings. The van der Waals surface area contributed by atoms with Crippen LogP contribution in [0.5, 0.6) is 0 Å². The van der Waals surface area contributed by atoms with Gasteiger partial charge in [-0.25, -0.2) is 8.42 Å². The summed E-state index contributed by atoms with van der Waals surface area (Å²) in [5.74, 6) is -0.415. The molecule has 3 rings (SSSR count). The zero-order valence-electron chi connectivity index (χ0n) is 17.1. The van der Waals surface area contributed by atoms with Gasteiger partial charge in [-0.3, -0.25) is 4.79 Å². The Kier molecular flexibility index (Phi) is 7.69. The minimum Gasteiger partial charge on any atom is -0.393 e. The molecule has 2 aliphatic heterocycles. The minimum atomic E-state index is -4.03. The Morgan fingerprint density at radius 1 is 1.23 bits per heavy atom. The number of methoxy groups -OCH3 is 1. The minimum absolute atomic E-state index is 0.0224. The molecule has 0 spiro atoms. The van der Waals surface area contributed by atoms with Gasteiger partial charge in [0.2, 0.25) is 15.9 Å². The molecule has 0 aliphatic carbocycles. The van der Waals surface area contributed by atoms with Gasteiger partial charge >= 0.3 is 0 Å². The number of hydrogen-bond acceptors (Lipinski definition) is 5. The van der Waals surface area contributed by atoms with E-state index in [0.29, 0.717) is 39.0 Å². The summed E-state index contributed by atoms with van der Waals surface area (Å²) in [6, 6.07) is 3.01. The van der Waals surface area contributed by atoms with Crippen molar-refractivity contribution in [2.75, 3.05) is 26.8 Å². The van der Waals surface area contributed by atoms with Crippen LogP contribution in [0.15, 0.2) is 23.1 Å². The molecule has 1 N–H and O–H groups in total. The second-order valence-corrected chi connectivity index (χ2v) is 10.8. The molecule has 2 fully saturated rings. The highest BCUT2D eigenvalue weighted by molar-refractivity contribution is 7.89. The van der Waals surface area contributed by atoms with Crippen molar-refractivity contribution in [2.45, 2.75) is 55.7 Å². The molecule has 4 atom stereocenters. The van der Waals surface area contributed by atoms with E-state index in [1.807, 2.05) is 0 Å². The number of hydrogen-bond donors (Lipinski definition) is 1. The maximum Gasteiger partial charge on any atom is 0.244 e. The van der Waals surface area contributed by atoms with Gasteiger partial charge in [-0.05, 0) is 56.7 Å². The predicted octanol–water partition coefficient (Wildman–Crippen LogP) is 2.78. The standard InChI is InChI=1S/C20H28Cl2N2O5S/c1-13(25)8-14-12-23(6-7-29-2)20(26)19-5-3-4-18(14)24(19)30(27,28)17-10-15(21)9-16(22)11-17/h9-11,13-14,18-19,25H,3-8,12H2,1-2H3/t13-,14+,18+,19-/m0/s1. The quantitative estimate of drug-likeness (QED) is 0.650. The molecule has 0 unspecified atom stereocenters. The molecule has 2 heterocycles. The van der Waals surface area contributed by atoms with Gasteiger partial charge in [0.1, 0.15) is 6.04 Å². The first-order chi connectivity index (χ1) is 14.1. The van der Waals surface area contributed by atoms with E-state index in [0.717, 1.165) is 6.42 Å². The van der Waals surface area contributed by atoms with E-state index in [1.165, 1.54) is 22.5 Å². The van der Waals surface area contributed by atoms with Crippen molar-refractivity contribution < 1.29 is 23.1 Å². The number of amides is 1. The van der Waals surface area contributed by atoms with Crippen molar-refractivity contribution in [3.05, 3.63) is 28.2 Å². The summed E-state index contributed by atoms with van der Waals surface area (Å²) in [7, 11) is -2.47. The van der Waals surface area contributed by atoms with E-state index in [9.17, 15) is 18.3 Å². The number of benzene rings is 1. The van der Waals surface area contributed by atoms with Crippen LogP contribution in [-0.4, -0.2) is 73.6 Å². The number of carbonyl (C=O) groups excluding carboxylic acids is 1. The van der Waals surface area contributed by atoms with Crippen LogP contribution in [0.3, 0.4) is 0 Å². The van der Waals surface area contributed by atoms with E-state index in [4.69, 9.17) is 27.9 Å². The number of halogens is 2. The normalized spacial score (nSPS) is 26.5. The third kappa shape index (κ3) is 4.95. The second-order valence-electron chi connectivity index (χ2n) is 8.08. The van der Waals surface area contributed by atoms with Gasteiger partial charge in [0.15, 0.2) is 0 Å². The van der Waals surface area contributed by atoms with Crippen molar-refractivity contribution in [2.24, 2.45) is 5.92 Å². The second kappa shape index (κ2) is 9.71. The van der Waals surface area contributed by atoms with Gasteiger partial charge in [-0.15, -0.1) is 0 Å². The summed E-state index contributed by atoms with van der Waals surface area (Å²) in [6.07, 6.45) is 1.62. The highest BCUT2D eigenvalue weighted by atomic mass is 35.5. The molecule has 30 heavy (non-hydrogen) atoms. The van der Waals surface area contributed by atoms with E-state index in [1.54, 1.807) is 18.9 Å². The molecule has 2 bridgehead atoms. The Bertz CT molecular complexity index is 860. The fourth-order valence-electron chi connectivity index (χ4n) is 4.60. The Labute approximate surface area is 187 Å². The van der Waals surface area contributed by atoms with E-state index in [-0.39, 0.29) is 26.8 Å². The maximum atomic E-state index is 13.7. The van der Waals surface area contributed by atoms with Gasteiger partial charge in [-0.1, -0.05) is 23.2 Å². The SMILES string of the molecule is COCCN1C[C@@H](C[C@H](C)O)[C@H]2CCC[C@@H](C1=O)N2S(=O)(=O)c1cc(Cl)cc(Cl)c1. The summed E-state index contributed by atoms with van der Waals surface area (Å²) in [5, 5.41) is 10.5. The monoisotopic (exact) mass is 478 g/mol. The van der Waals surface area contributed by atoms with Gasteiger partial charge < -0.3 is 14.7 Å². The molecule has 0 radical (unpaired) electrons. The summed E-state index contributed by atoms with van der Waals surface area (Å²) in [6.45, 7) is 2.81. The first kappa shape index (κ1) is 23.8. The molecular formula is C20H28Cl2N2O5S. The zero-order chi connectivity index (χ0) is 22.1. The van der Waals surface area contributed by atoms with E-state index >= 15 is 0 Å². The van der Waals surface area contributed by atoms with Crippen LogP contribution in [-0.2, 0) is 19.6 Å². The summed E-state index contributed by atoms with van der Waals surface area (Å²) in [5.41, 5.74) is 0. The van der Waals surface area contributed by atoms with E-state index < -0.39 is 28.2 Å². The Morgan fingerprint density at radius 2 is 1.90 bits per heavy atom. The molecule has 0 aromatic heterocycles. The third-order valence-electron chi connectivity index (χ3n) is 5.83. The predicted molar refractivity (Wildman–Crippen MR) is 115 cm³/mol. The molecule has 168 valence electrons. The van der Waals surface area contributed by atoms with Gasteiger partial charge in [0.05, 0.1) is 17.6 Å². The third-order valence-corrected chi connectivity index (χ3v) is 8.18. The first-order valence-electron chi connectivity index (χ1n) is 10.1. The number of sulfonamides is 1. The average molecular weight is 479 g/mol. The van der Waals surface area contributed by atoms with Gasteiger partial charge in [0, 0.05) is 36.3 Å². The van der Waals surface area contributed by atoms with Crippen LogP contribution >= 0.6 is 23.2 Å². The summed E-state index contributed by atoms with van der Waals surface area (Å²) in [4.78, 5) is 15.0. The van der Waals surface area contributed by atoms with Crippen molar-refractivity contribution in [1.82, 2.24) is 9.21 Å². The highest BCUT2D eigenvalue weighted by Gasteiger charge is 2.50. The first-order valence-corrected chi connectivity index (χ1v) is 12.3. The van der Waals surface area contributed by atoms with Crippen LogP contribution in [0.2, 0.25) is 10.0 Å². The van der Waals surface area contributed by atoms with Crippen LogP contribution in [0.1, 0.15) is 32.6 Å². The lowest BCUT2D eigenvalue weighted by molar-refractivity contribution is -0.135. The van der Waals surface area contributed by atoms with Crippen LogP contribution < -0.4 is 0 Å². The van der Waals surface area contributed by atoms with Gasteiger partial charge in [0.25, 0.3) is 0 Å². The fourth-order valence-corrected chi connectivity index (χ4v) is 7.22. The Hall–Kier alpha value is -0.900. The zero-order valence-corrected chi connectivity index (χ0v) is 19.5. The lowest BCUT2D eigenvalue weighted by Gasteiger charge is -2.41. The number of aliphatic hydroxyl groups is 1. The number of fused-ring (bicyclic) bond motifs is 2. The number of ether oxygens (including phenoxy) is 1. The fraction of sp³-hybridized carbons (Fsp3) is 0.650. The number of carbonyl (C=O) groups is 1. The molecule has 1 amide bonds. The Morgan fingerprint density at radius 3 is 2.50 bits per heavy atom. The molecular weight excluding hydrogens is 451 g/mol. The molecule has 0 saturated carbocycles. The van der Waals surface area contributed by atoms with E-state index in [2.05, 4.69) is 0 Å². The summed E-state index contributed by atoms with van der Waals surface area (Å²) >= 11 is 12.1. The number of piperidine rings is 1. The van der Waals surface area contributed by atoms with Crippen molar-refractivity contribution in [3.63, 3.8) is 0 Å². The smallest absolute Gasteiger partial charge is 0.244 e. The number of nitrogens with zero attached hydrogens (tertiary/aromatic N) is 2. The van der Waals surface area contributed by atoms with Gasteiger partial charge in [-0.2, -0.15) is 4.31 Å². The molecule has 2 aliphatic rings. The Balaban J connectivity index is 2.08. The van der Waals surface area contributed by atoms with Crippen LogP contribution in [0.25, 0.3) is 0 Å². The average Bonchev–Trinajstić information content (AvgIpc) is 2.73. The molecule has 7 nitrogen and oxygen atoms in total. The molecule has 2 saturated heterocycles. The summed E-state index contributed by atoms with van der Waals surface area (Å²) < 4.78 is 33.9. The maximum absolute atomic E-state index is 13.7. The van der Waals surface area contributed by atoms with Crippen molar-refractivity contribution in [3.8, 4) is 0 Å². The molecule has 1 aromatic carbocycles. The lowest BCUT2D eigenvalue weighted by Crippen LogP contribution is -2.55. The van der Waals surface area contributed by atoms with Crippen molar-refractivity contribution >= 4 is 39.1 Å². The van der Waals surface area contributed by atoms with Crippen LogP contribution in [0, 0.1) is 5.92 Å². The number of aliphatic hydroxyl groups excluding tert-OH is 1. The topological polar surface area (TPSA) is 87.2 Å².